The normalized spacial score (nSPS) is 49.6. The van der Waals surface area contributed by atoms with Gasteiger partial charge in [0.05, 0.1) is 0 Å². The minimum atomic E-state index is 0.795. The van der Waals surface area contributed by atoms with Gasteiger partial charge in [-0.1, -0.05) is 33.1 Å². The highest BCUT2D eigenvalue weighted by atomic mass is 14.5. The van der Waals surface area contributed by atoms with Crippen LogP contribution in [-0.4, -0.2) is 0 Å². The minimum absolute atomic E-state index is 0.795. The van der Waals surface area contributed by atoms with Crippen molar-refractivity contribution in [2.75, 3.05) is 0 Å². The van der Waals surface area contributed by atoms with Crippen LogP contribution in [0.5, 0.6) is 0 Å². The topological polar surface area (TPSA) is 0 Å². The number of fused-ring (bicyclic) bond motifs is 2. The van der Waals surface area contributed by atoms with E-state index < -0.39 is 0 Å². The SMILES string of the molecule is CCC12CCCC(CC1)C2C. The molecule has 0 radical (unpaired) electrons. The molecule has 3 unspecified atom stereocenters. The maximum Gasteiger partial charge on any atom is -0.0272 e. The lowest BCUT2D eigenvalue weighted by Crippen LogP contribution is -2.29. The molecule has 2 aliphatic carbocycles. The fourth-order valence-corrected chi connectivity index (χ4v) is 3.59. The van der Waals surface area contributed by atoms with Crippen LogP contribution in [0, 0.1) is 17.3 Å². The summed E-state index contributed by atoms with van der Waals surface area (Å²) in [6, 6.07) is 0. The largest absolute Gasteiger partial charge is 0.0648 e. The van der Waals surface area contributed by atoms with E-state index in [0.29, 0.717) is 0 Å². The predicted octanol–water partition coefficient (Wildman–Crippen LogP) is 3.61. The molecule has 0 amide bonds. The summed E-state index contributed by atoms with van der Waals surface area (Å²) in [6.07, 6.45) is 9.09. The summed E-state index contributed by atoms with van der Waals surface area (Å²) in [7, 11) is 0. The second kappa shape index (κ2) is 2.50. The average Bonchev–Trinajstić information content (AvgIpc) is 2.25. The third-order valence-corrected chi connectivity index (χ3v) is 4.64. The summed E-state index contributed by atoms with van der Waals surface area (Å²) < 4.78 is 0. The number of hydrogen-bond donors (Lipinski definition) is 0. The highest BCUT2D eigenvalue weighted by Gasteiger charge is 2.46. The lowest BCUT2D eigenvalue weighted by atomic mass is 9.67. The van der Waals surface area contributed by atoms with Gasteiger partial charge in [0.25, 0.3) is 0 Å². The molecule has 2 aliphatic rings. The molecule has 0 heteroatoms. The molecule has 2 rings (SSSR count). The van der Waals surface area contributed by atoms with Gasteiger partial charge in [0.2, 0.25) is 0 Å². The molecule has 0 N–H and O–H groups in total. The zero-order valence-corrected chi connectivity index (χ0v) is 7.90. The first-order valence-electron chi connectivity index (χ1n) is 5.28. The Morgan fingerprint density at radius 2 is 2.09 bits per heavy atom. The first kappa shape index (κ1) is 7.64. The predicted molar refractivity (Wildman–Crippen MR) is 48.5 cm³/mol. The summed E-state index contributed by atoms with van der Waals surface area (Å²) in [5, 5.41) is 0. The molecule has 11 heavy (non-hydrogen) atoms. The highest BCUT2D eigenvalue weighted by molar-refractivity contribution is 4.96. The first-order valence-corrected chi connectivity index (χ1v) is 5.28. The lowest BCUT2D eigenvalue weighted by molar-refractivity contribution is 0.117. The fraction of sp³-hybridized carbons (Fsp3) is 1.00. The second-order valence-corrected chi connectivity index (χ2v) is 4.70. The van der Waals surface area contributed by atoms with Gasteiger partial charge in [-0.15, -0.1) is 0 Å². The van der Waals surface area contributed by atoms with Crippen LogP contribution in [0.25, 0.3) is 0 Å². The fourth-order valence-electron chi connectivity index (χ4n) is 3.59. The van der Waals surface area contributed by atoms with E-state index >= 15 is 0 Å². The highest BCUT2D eigenvalue weighted by Crippen LogP contribution is 2.56. The molecule has 0 spiro atoms. The maximum absolute atomic E-state index is 2.50. The van der Waals surface area contributed by atoms with Crippen LogP contribution in [0.1, 0.15) is 52.4 Å². The first-order chi connectivity index (χ1) is 5.28. The van der Waals surface area contributed by atoms with E-state index in [1.165, 1.54) is 38.5 Å². The molecule has 0 heterocycles. The van der Waals surface area contributed by atoms with Crippen molar-refractivity contribution in [2.45, 2.75) is 52.4 Å². The van der Waals surface area contributed by atoms with Crippen molar-refractivity contribution in [3.8, 4) is 0 Å². The van der Waals surface area contributed by atoms with Crippen molar-refractivity contribution in [3.63, 3.8) is 0 Å². The molecule has 0 saturated heterocycles. The molecule has 0 aromatic carbocycles. The Labute approximate surface area is 70.4 Å². The van der Waals surface area contributed by atoms with Gasteiger partial charge >= 0.3 is 0 Å². The third-order valence-electron chi connectivity index (χ3n) is 4.64. The van der Waals surface area contributed by atoms with Crippen molar-refractivity contribution in [1.82, 2.24) is 0 Å². The molecule has 64 valence electrons. The molecule has 3 atom stereocenters. The van der Waals surface area contributed by atoms with Gasteiger partial charge in [-0.25, -0.2) is 0 Å². The summed E-state index contributed by atoms with van der Waals surface area (Å²) in [5.41, 5.74) is 0.795. The summed E-state index contributed by atoms with van der Waals surface area (Å²) in [4.78, 5) is 0. The van der Waals surface area contributed by atoms with Crippen LogP contribution in [0.4, 0.5) is 0 Å². The van der Waals surface area contributed by atoms with Crippen molar-refractivity contribution in [2.24, 2.45) is 17.3 Å². The molecule has 2 bridgehead atoms. The second-order valence-electron chi connectivity index (χ2n) is 4.70. The van der Waals surface area contributed by atoms with Crippen LogP contribution in [0.15, 0.2) is 0 Å². The van der Waals surface area contributed by atoms with Gasteiger partial charge < -0.3 is 0 Å². The lowest BCUT2D eigenvalue weighted by Gasteiger charge is -2.38. The number of hydrogen-bond acceptors (Lipinski definition) is 0. The van der Waals surface area contributed by atoms with Gasteiger partial charge in [0, 0.05) is 0 Å². The van der Waals surface area contributed by atoms with Crippen LogP contribution in [0.2, 0.25) is 0 Å². The van der Waals surface area contributed by atoms with Gasteiger partial charge in [-0.3, -0.25) is 0 Å². The van der Waals surface area contributed by atoms with Crippen LogP contribution >= 0.6 is 0 Å². The number of rotatable bonds is 1. The van der Waals surface area contributed by atoms with E-state index in [1.54, 1.807) is 0 Å². The van der Waals surface area contributed by atoms with Gasteiger partial charge in [0.1, 0.15) is 0 Å². The quantitative estimate of drug-likeness (QED) is 0.538. The summed E-state index contributed by atoms with van der Waals surface area (Å²) in [6.45, 7) is 4.89. The molecule has 2 saturated carbocycles. The van der Waals surface area contributed by atoms with E-state index in [1.807, 2.05) is 0 Å². The van der Waals surface area contributed by atoms with E-state index in [4.69, 9.17) is 0 Å². The smallest absolute Gasteiger partial charge is 0.0272 e. The van der Waals surface area contributed by atoms with Gasteiger partial charge in [-0.2, -0.15) is 0 Å². The Bertz CT molecular complexity index is 146. The monoisotopic (exact) mass is 152 g/mol. The van der Waals surface area contributed by atoms with Crippen LogP contribution in [-0.2, 0) is 0 Å². The Balaban J connectivity index is 2.19. The standard InChI is InChI=1S/C11H20/c1-3-11-7-4-5-10(6-8-11)9(11)2/h9-10H,3-8H2,1-2H3. The summed E-state index contributed by atoms with van der Waals surface area (Å²) >= 11 is 0. The van der Waals surface area contributed by atoms with E-state index in [-0.39, 0.29) is 0 Å². The average molecular weight is 152 g/mol. The molecular formula is C11H20. The van der Waals surface area contributed by atoms with Crippen LogP contribution < -0.4 is 0 Å². The van der Waals surface area contributed by atoms with E-state index in [2.05, 4.69) is 13.8 Å². The molecule has 0 aromatic rings. The third kappa shape index (κ3) is 0.947. The Hall–Kier alpha value is 0. The van der Waals surface area contributed by atoms with E-state index in [0.717, 1.165) is 17.3 Å². The van der Waals surface area contributed by atoms with Gasteiger partial charge in [-0.05, 0) is 36.5 Å². The maximum atomic E-state index is 2.50. The summed E-state index contributed by atoms with van der Waals surface area (Å²) in [5.74, 6) is 2.14. The zero-order chi connectivity index (χ0) is 7.90. The van der Waals surface area contributed by atoms with Crippen molar-refractivity contribution in [1.29, 1.82) is 0 Å². The molecule has 0 nitrogen and oxygen atoms in total. The Morgan fingerprint density at radius 3 is 2.73 bits per heavy atom. The Morgan fingerprint density at radius 1 is 1.27 bits per heavy atom. The molecule has 0 aliphatic heterocycles. The molecular weight excluding hydrogens is 132 g/mol. The van der Waals surface area contributed by atoms with Crippen molar-refractivity contribution in [3.05, 3.63) is 0 Å². The van der Waals surface area contributed by atoms with Crippen molar-refractivity contribution >= 4 is 0 Å². The molecule has 2 fully saturated rings. The van der Waals surface area contributed by atoms with E-state index in [9.17, 15) is 0 Å². The Kier molecular flexibility index (Phi) is 1.74. The van der Waals surface area contributed by atoms with Crippen LogP contribution in [0.3, 0.4) is 0 Å². The van der Waals surface area contributed by atoms with Gasteiger partial charge in [0.15, 0.2) is 0 Å². The van der Waals surface area contributed by atoms with Crippen molar-refractivity contribution < 1.29 is 0 Å². The molecule has 0 aromatic heterocycles. The zero-order valence-electron chi connectivity index (χ0n) is 7.90. The minimum Gasteiger partial charge on any atom is -0.0648 e.